The van der Waals surface area contributed by atoms with E-state index in [0.717, 1.165) is 61.1 Å². The predicted molar refractivity (Wildman–Crippen MR) is 249 cm³/mol. The number of rotatable bonds is 14. The lowest BCUT2D eigenvalue weighted by Gasteiger charge is -2.15. The van der Waals surface area contributed by atoms with Crippen LogP contribution in [0.4, 0.5) is 49.1 Å². The number of alkyl halides is 6. The summed E-state index contributed by atoms with van der Waals surface area (Å²) in [7, 11) is -10.4. The SMILES string of the molecule is COc1ccc(N)cc1C(=O)c1ncc(Cl)cc1NS(=O)(=O)c1ccc(Cl)c(C(F)(F)F)c1.COc1ccc(NS(C)(=O)=O)cc1C(=O)c1ncc(Cl)cc1NS(=O)(=O)c1ccc(Cl)c(C(F)(F)F)c1. The van der Waals surface area contributed by atoms with E-state index in [9.17, 15) is 61.2 Å². The Kier molecular flexibility index (Phi) is 16.5. The molecule has 0 saturated carbocycles. The van der Waals surface area contributed by atoms with Crippen molar-refractivity contribution in [3.05, 3.63) is 151 Å². The topological polar surface area (TPSA) is 243 Å². The zero-order valence-electron chi connectivity index (χ0n) is 35.3. The molecule has 0 aliphatic rings. The number of methoxy groups -OCH3 is 2. The van der Waals surface area contributed by atoms with Gasteiger partial charge in [0.15, 0.2) is 0 Å². The number of carbonyl (C=O) groups is 2. The number of anilines is 4. The lowest BCUT2D eigenvalue weighted by molar-refractivity contribution is -0.138. The minimum atomic E-state index is -4.93. The Morgan fingerprint density at radius 2 is 0.971 bits per heavy atom. The minimum Gasteiger partial charge on any atom is -0.496 e. The van der Waals surface area contributed by atoms with Crippen molar-refractivity contribution in [1.82, 2.24) is 9.97 Å². The van der Waals surface area contributed by atoms with Gasteiger partial charge in [-0.1, -0.05) is 46.4 Å². The van der Waals surface area contributed by atoms with Crippen LogP contribution in [0.25, 0.3) is 0 Å². The fourth-order valence-electron chi connectivity index (χ4n) is 5.90. The third-order valence-electron chi connectivity index (χ3n) is 8.95. The fraction of sp³-hybridized carbons (Fsp3) is 0.122. The molecule has 0 fully saturated rings. The summed E-state index contributed by atoms with van der Waals surface area (Å²) in [5, 5.41) is -1.51. The highest BCUT2D eigenvalue weighted by Gasteiger charge is 2.36. The lowest BCUT2D eigenvalue weighted by Crippen LogP contribution is -2.18. The summed E-state index contributed by atoms with van der Waals surface area (Å²) < 4.78 is 171. The van der Waals surface area contributed by atoms with Crippen LogP contribution in [0.1, 0.15) is 43.2 Å². The first kappa shape index (κ1) is 54.8. The number of benzene rings is 4. The summed E-state index contributed by atoms with van der Waals surface area (Å²) >= 11 is 23.0. The molecule has 0 unspecified atom stereocenters. The molecule has 0 atom stereocenters. The van der Waals surface area contributed by atoms with Crippen LogP contribution in [-0.4, -0.2) is 67.3 Å². The average Bonchev–Trinajstić information content (AvgIpc) is 3.25. The molecule has 4 aromatic carbocycles. The Hall–Kier alpha value is -6.09. The van der Waals surface area contributed by atoms with Gasteiger partial charge in [-0.25, -0.2) is 35.2 Å². The van der Waals surface area contributed by atoms with E-state index in [1.807, 2.05) is 4.72 Å². The normalized spacial score (nSPS) is 12.0. The van der Waals surface area contributed by atoms with Gasteiger partial charge in [0.25, 0.3) is 20.0 Å². The summed E-state index contributed by atoms with van der Waals surface area (Å²) in [6.45, 7) is 0. The maximum atomic E-state index is 13.4. The maximum absolute atomic E-state index is 13.4. The van der Waals surface area contributed by atoms with Gasteiger partial charge in [-0.15, -0.1) is 0 Å². The van der Waals surface area contributed by atoms with E-state index in [1.165, 1.54) is 44.6 Å². The van der Waals surface area contributed by atoms with Gasteiger partial charge < -0.3 is 15.2 Å². The second kappa shape index (κ2) is 21.1. The molecule has 29 heteroatoms. The van der Waals surface area contributed by atoms with Gasteiger partial charge in [-0.2, -0.15) is 26.3 Å². The van der Waals surface area contributed by atoms with Crippen LogP contribution >= 0.6 is 46.4 Å². The van der Waals surface area contributed by atoms with Gasteiger partial charge >= 0.3 is 12.4 Å². The molecule has 0 aliphatic heterocycles. The number of halogens is 10. The van der Waals surface area contributed by atoms with Crippen LogP contribution in [-0.2, 0) is 42.4 Å². The molecule has 70 heavy (non-hydrogen) atoms. The van der Waals surface area contributed by atoms with Crippen LogP contribution in [0.15, 0.2) is 107 Å². The monoisotopic (exact) mass is 1120 g/mol. The second-order valence-corrected chi connectivity index (χ2v) is 20.8. The van der Waals surface area contributed by atoms with Gasteiger partial charge in [-0.05, 0) is 84.9 Å². The van der Waals surface area contributed by atoms with Crippen LogP contribution < -0.4 is 29.4 Å². The van der Waals surface area contributed by atoms with E-state index in [-0.39, 0.29) is 55.4 Å². The van der Waals surface area contributed by atoms with Gasteiger partial charge in [0.2, 0.25) is 21.6 Å². The maximum Gasteiger partial charge on any atom is 0.417 e. The number of nitrogens with zero attached hydrogens (tertiary/aromatic N) is 2. The van der Waals surface area contributed by atoms with Gasteiger partial charge in [-0.3, -0.25) is 23.8 Å². The Bertz CT molecular complexity index is 3390. The number of nitrogen functional groups attached to an aromatic ring is 1. The van der Waals surface area contributed by atoms with Crippen LogP contribution in [0.2, 0.25) is 20.1 Å². The van der Waals surface area contributed by atoms with Crippen LogP contribution in [0.3, 0.4) is 0 Å². The number of carbonyl (C=O) groups excluding carboxylic acids is 2. The molecule has 2 heterocycles. The summed E-state index contributed by atoms with van der Waals surface area (Å²) in [5.41, 5.74) is 1.36. The number of sulfonamides is 3. The molecular weight excluding hydrogens is 1090 g/mol. The Labute approximate surface area is 414 Å². The van der Waals surface area contributed by atoms with E-state index in [4.69, 9.17) is 61.6 Å². The largest absolute Gasteiger partial charge is 0.496 e. The predicted octanol–water partition coefficient (Wildman–Crippen LogP) is 9.85. The number of nitrogens with two attached hydrogens (primary N) is 1. The second-order valence-electron chi connectivity index (χ2n) is 14.0. The highest BCUT2D eigenvalue weighted by Crippen LogP contribution is 2.39. The summed E-state index contributed by atoms with van der Waals surface area (Å²) in [6.07, 6.45) is -6.77. The van der Waals surface area contributed by atoms with Crippen molar-refractivity contribution in [1.29, 1.82) is 0 Å². The lowest BCUT2D eigenvalue weighted by atomic mass is 10.0. The Balaban J connectivity index is 0.000000262. The summed E-state index contributed by atoms with van der Waals surface area (Å²) in [5.74, 6) is -1.52. The van der Waals surface area contributed by atoms with E-state index in [1.54, 1.807) is 0 Å². The number of nitrogens with one attached hydrogen (secondary N) is 3. The van der Waals surface area contributed by atoms with Crippen molar-refractivity contribution < 1.29 is 70.7 Å². The molecular formula is C41H30Cl4F6N6O10S3. The molecule has 0 bridgehead atoms. The minimum absolute atomic E-state index is 0.00197. The number of ether oxygens (including phenoxy) is 2. The zero-order chi connectivity index (χ0) is 52.3. The highest BCUT2D eigenvalue weighted by atomic mass is 35.5. The van der Waals surface area contributed by atoms with Crippen molar-refractivity contribution in [2.75, 3.05) is 40.4 Å². The molecule has 0 saturated heterocycles. The molecule has 16 nitrogen and oxygen atoms in total. The van der Waals surface area contributed by atoms with Gasteiger partial charge in [0, 0.05) is 23.8 Å². The third kappa shape index (κ3) is 13.4. The molecule has 0 aliphatic carbocycles. The van der Waals surface area contributed by atoms with E-state index >= 15 is 0 Å². The molecule has 2 aromatic heterocycles. The van der Waals surface area contributed by atoms with E-state index in [2.05, 4.69) is 19.4 Å². The average molecular weight is 1120 g/mol. The Morgan fingerprint density at radius 3 is 1.36 bits per heavy atom. The molecule has 372 valence electrons. The highest BCUT2D eigenvalue weighted by molar-refractivity contribution is 7.93. The van der Waals surface area contributed by atoms with Gasteiger partial charge in [0.1, 0.15) is 22.9 Å². The fourth-order valence-corrected chi connectivity index (χ4v) is 9.39. The molecule has 0 radical (unpaired) electrons. The quantitative estimate of drug-likeness (QED) is 0.0451. The van der Waals surface area contributed by atoms with Crippen molar-refractivity contribution in [2.24, 2.45) is 0 Å². The first-order valence-corrected chi connectivity index (χ1v) is 25.0. The summed E-state index contributed by atoms with van der Waals surface area (Å²) in [6, 6.07) is 14.2. The molecule has 5 N–H and O–H groups in total. The van der Waals surface area contributed by atoms with Crippen molar-refractivity contribution in [3.8, 4) is 11.5 Å². The molecule has 0 spiro atoms. The first-order chi connectivity index (χ1) is 32.3. The van der Waals surface area contributed by atoms with Crippen LogP contribution in [0.5, 0.6) is 11.5 Å². The molecule has 0 amide bonds. The number of hydrogen-bond acceptors (Lipinski definition) is 13. The smallest absolute Gasteiger partial charge is 0.417 e. The molecule has 6 rings (SSSR count). The Morgan fingerprint density at radius 1 is 0.571 bits per heavy atom. The van der Waals surface area contributed by atoms with Gasteiger partial charge in [0.05, 0.1) is 84.0 Å². The third-order valence-corrected chi connectivity index (χ3v) is 13.4. The number of ketones is 2. The van der Waals surface area contributed by atoms with E-state index < -0.39 is 96.3 Å². The summed E-state index contributed by atoms with van der Waals surface area (Å²) in [4.78, 5) is 32.7. The van der Waals surface area contributed by atoms with Crippen molar-refractivity contribution >= 4 is 111 Å². The number of aromatic nitrogens is 2. The van der Waals surface area contributed by atoms with Crippen molar-refractivity contribution in [2.45, 2.75) is 22.1 Å². The van der Waals surface area contributed by atoms with Crippen LogP contribution in [0, 0.1) is 0 Å². The standard InChI is InChI=1S/C21H16Cl2F3N3O6S2.C20H14Cl2F3N3O4S/c1-35-18-6-3-12(28-36(2,31)32)8-14(18)20(30)19-17(7-11(22)10-27-19)29-37(33,34)13-4-5-16(23)15(9-13)21(24,25)26;1-32-17-5-2-11(26)7-13(17)19(29)18-16(6-10(21)9-27-18)28-33(30,31)12-3-4-15(22)14(8-12)20(23,24)25/h3-10,28-29H,1-2H3;2-9,28H,26H2,1H3. The zero-order valence-corrected chi connectivity index (χ0v) is 40.8. The van der Waals surface area contributed by atoms with Crippen molar-refractivity contribution in [3.63, 3.8) is 0 Å². The molecule has 6 aromatic rings. The number of hydrogen-bond donors (Lipinski definition) is 4. The van der Waals surface area contributed by atoms with E-state index in [0.29, 0.717) is 12.1 Å². The first-order valence-electron chi connectivity index (χ1n) is 18.6. The number of pyridine rings is 2.